The number of furan rings is 1. The van der Waals surface area contributed by atoms with Gasteiger partial charge in [0.15, 0.2) is 11.6 Å². The predicted octanol–water partition coefficient (Wildman–Crippen LogP) is 1.31. The van der Waals surface area contributed by atoms with Crippen molar-refractivity contribution in [1.29, 1.82) is 0 Å². The highest BCUT2D eigenvalue weighted by atomic mass is 19.1. The number of amides is 3. The summed E-state index contributed by atoms with van der Waals surface area (Å²) in [6.45, 7) is -0.0641. The van der Waals surface area contributed by atoms with Crippen molar-refractivity contribution in [2.24, 2.45) is 0 Å². The van der Waals surface area contributed by atoms with Gasteiger partial charge in [0.05, 0.1) is 24.5 Å². The third kappa shape index (κ3) is 2.49. The monoisotopic (exact) mass is 410 g/mol. The van der Waals surface area contributed by atoms with Gasteiger partial charge >= 0.3 is 0 Å². The van der Waals surface area contributed by atoms with Crippen LogP contribution < -0.4 is 10.1 Å². The number of nitrogens with one attached hydrogen (secondary N) is 1. The molecule has 1 aromatic carbocycles. The van der Waals surface area contributed by atoms with Gasteiger partial charge < -0.3 is 14.1 Å². The Morgan fingerprint density at radius 1 is 1.33 bits per heavy atom. The maximum absolute atomic E-state index is 14.7. The number of aromatic nitrogens is 2. The lowest BCUT2D eigenvalue weighted by Gasteiger charge is -2.28. The highest BCUT2D eigenvalue weighted by Crippen LogP contribution is 2.39. The van der Waals surface area contributed by atoms with Crippen molar-refractivity contribution in [2.45, 2.75) is 18.4 Å². The molecule has 0 bridgehead atoms. The largest absolute Gasteiger partial charge is 0.494 e. The standard InChI is InChI=1S/C20H15FN4O5/c1-29-12-3-2-10-7-25(18(27)15(10)16(12)21)8-20(5-14(26)24-19(20)28)13-4-11-6-22-9-23-17(11)30-13/h2-4,6,9H,5,7-8H2,1H3,(H,24,26,28)/t20-/m1/s1. The van der Waals surface area contributed by atoms with Gasteiger partial charge in [0.25, 0.3) is 5.91 Å². The molecule has 2 aliphatic heterocycles. The van der Waals surface area contributed by atoms with E-state index < -0.39 is 29.0 Å². The smallest absolute Gasteiger partial charge is 0.257 e. The molecule has 10 heteroatoms. The Kier molecular flexibility index (Phi) is 3.85. The lowest BCUT2D eigenvalue weighted by molar-refractivity contribution is -0.126. The van der Waals surface area contributed by atoms with E-state index in [1.807, 2.05) is 0 Å². The van der Waals surface area contributed by atoms with E-state index in [-0.39, 0.29) is 42.3 Å². The molecule has 152 valence electrons. The van der Waals surface area contributed by atoms with Gasteiger partial charge in [0, 0.05) is 19.3 Å². The molecule has 1 N–H and O–H groups in total. The number of hydrogen-bond donors (Lipinski definition) is 1. The zero-order valence-electron chi connectivity index (χ0n) is 15.8. The number of hydrogen-bond acceptors (Lipinski definition) is 7. The molecule has 5 rings (SSSR count). The second kappa shape index (κ2) is 6.34. The molecule has 0 aliphatic carbocycles. The van der Waals surface area contributed by atoms with Crippen LogP contribution in [-0.2, 0) is 21.5 Å². The molecule has 3 amide bonds. The molecule has 0 spiro atoms. The normalized spacial score (nSPS) is 20.7. The number of fused-ring (bicyclic) bond motifs is 2. The Bertz CT molecular complexity index is 1210. The second-order valence-electron chi connectivity index (χ2n) is 7.31. The summed E-state index contributed by atoms with van der Waals surface area (Å²) < 4.78 is 25.4. The summed E-state index contributed by atoms with van der Waals surface area (Å²) in [5.41, 5.74) is -0.799. The van der Waals surface area contributed by atoms with Crippen molar-refractivity contribution in [3.05, 3.63) is 53.4 Å². The van der Waals surface area contributed by atoms with Crippen LogP contribution >= 0.6 is 0 Å². The molecule has 3 aromatic rings. The fraction of sp³-hybridized carbons (Fsp3) is 0.250. The number of nitrogens with zero attached hydrogens (tertiary/aromatic N) is 3. The molecule has 9 nitrogen and oxygen atoms in total. The number of ether oxygens (including phenoxy) is 1. The third-order valence-corrected chi connectivity index (χ3v) is 5.55. The zero-order chi connectivity index (χ0) is 21.0. The average Bonchev–Trinajstić information content (AvgIpc) is 3.37. The second-order valence-corrected chi connectivity index (χ2v) is 7.31. The Hall–Kier alpha value is -3.82. The molecule has 1 atom stereocenters. The lowest BCUT2D eigenvalue weighted by atomic mass is 9.82. The SMILES string of the molecule is COc1ccc2c(c1F)C(=O)N(C[C@@]1(c3cc4cncnc4o3)CC(=O)NC1=O)C2. The van der Waals surface area contributed by atoms with Crippen LogP contribution in [0.1, 0.15) is 28.1 Å². The van der Waals surface area contributed by atoms with Crippen LogP contribution in [0.25, 0.3) is 11.1 Å². The molecular formula is C20H15FN4O5. The minimum Gasteiger partial charge on any atom is -0.494 e. The van der Waals surface area contributed by atoms with Gasteiger partial charge in [0.1, 0.15) is 17.5 Å². The number of rotatable bonds is 4. The van der Waals surface area contributed by atoms with Crippen LogP contribution in [0.4, 0.5) is 4.39 Å². The average molecular weight is 410 g/mol. The summed E-state index contributed by atoms with van der Waals surface area (Å²) in [4.78, 5) is 47.2. The molecule has 0 unspecified atom stereocenters. The number of carbonyl (C=O) groups excluding carboxylic acids is 3. The van der Waals surface area contributed by atoms with Crippen molar-refractivity contribution in [1.82, 2.24) is 20.2 Å². The molecular weight excluding hydrogens is 395 g/mol. The highest BCUT2D eigenvalue weighted by molar-refractivity contribution is 6.10. The molecule has 1 saturated heterocycles. The van der Waals surface area contributed by atoms with E-state index in [1.165, 1.54) is 30.6 Å². The van der Waals surface area contributed by atoms with Crippen LogP contribution in [-0.4, -0.2) is 46.2 Å². The van der Waals surface area contributed by atoms with Gasteiger partial charge in [0.2, 0.25) is 17.5 Å². The first-order chi connectivity index (χ1) is 14.4. The zero-order valence-corrected chi connectivity index (χ0v) is 15.8. The first kappa shape index (κ1) is 18.2. The number of imide groups is 1. The number of halogens is 1. The molecule has 0 saturated carbocycles. The van der Waals surface area contributed by atoms with Gasteiger partial charge in [-0.2, -0.15) is 0 Å². The maximum Gasteiger partial charge on any atom is 0.257 e. The van der Waals surface area contributed by atoms with Crippen LogP contribution in [0, 0.1) is 5.82 Å². The van der Waals surface area contributed by atoms with E-state index in [2.05, 4.69) is 15.3 Å². The van der Waals surface area contributed by atoms with Crippen molar-refractivity contribution in [2.75, 3.05) is 13.7 Å². The summed E-state index contributed by atoms with van der Waals surface area (Å²) in [6.07, 6.45) is 2.63. The Labute approximate surface area is 168 Å². The molecule has 0 radical (unpaired) electrons. The summed E-state index contributed by atoms with van der Waals surface area (Å²) in [7, 11) is 1.32. The fourth-order valence-corrected chi connectivity index (χ4v) is 4.08. The molecule has 4 heterocycles. The number of benzene rings is 1. The minimum absolute atomic E-state index is 0.0386. The van der Waals surface area contributed by atoms with Gasteiger partial charge in [-0.15, -0.1) is 0 Å². The Balaban J connectivity index is 1.56. The number of methoxy groups -OCH3 is 1. The van der Waals surface area contributed by atoms with E-state index in [9.17, 15) is 18.8 Å². The first-order valence-electron chi connectivity index (χ1n) is 9.12. The van der Waals surface area contributed by atoms with Gasteiger partial charge in [-0.25, -0.2) is 14.4 Å². The van der Waals surface area contributed by atoms with Gasteiger partial charge in [-0.3, -0.25) is 19.7 Å². The van der Waals surface area contributed by atoms with Crippen LogP contribution in [0.2, 0.25) is 0 Å². The first-order valence-corrected chi connectivity index (χ1v) is 9.12. The van der Waals surface area contributed by atoms with Crippen molar-refractivity contribution < 1.29 is 27.9 Å². The van der Waals surface area contributed by atoms with E-state index in [0.717, 1.165) is 0 Å². The highest BCUT2D eigenvalue weighted by Gasteiger charge is 2.53. The van der Waals surface area contributed by atoms with E-state index in [1.54, 1.807) is 12.1 Å². The summed E-state index contributed by atoms with van der Waals surface area (Å²) in [5, 5.41) is 2.85. The Morgan fingerprint density at radius 3 is 2.87 bits per heavy atom. The van der Waals surface area contributed by atoms with E-state index in [0.29, 0.717) is 10.9 Å². The molecule has 2 aromatic heterocycles. The Morgan fingerprint density at radius 2 is 2.17 bits per heavy atom. The van der Waals surface area contributed by atoms with E-state index in [4.69, 9.17) is 9.15 Å². The molecule has 2 aliphatic rings. The van der Waals surface area contributed by atoms with Crippen molar-refractivity contribution in [3.8, 4) is 5.75 Å². The molecule has 30 heavy (non-hydrogen) atoms. The van der Waals surface area contributed by atoms with Crippen LogP contribution in [0.5, 0.6) is 5.75 Å². The van der Waals surface area contributed by atoms with Gasteiger partial charge in [-0.1, -0.05) is 6.07 Å². The number of carbonyl (C=O) groups is 3. The molecule has 1 fully saturated rings. The van der Waals surface area contributed by atoms with Crippen LogP contribution in [0.3, 0.4) is 0 Å². The predicted molar refractivity (Wildman–Crippen MR) is 98.9 cm³/mol. The van der Waals surface area contributed by atoms with Crippen molar-refractivity contribution in [3.63, 3.8) is 0 Å². The van der Waals surface area contributed by atoms with Crippen molar-refractivity contribution >= 4 is 28.8 Å². The topological polar surface area (TPSA) is 115 Å². The summed E-state index contributed by atoms with van der Waals surface area (Å²) >= 11 is 0. The third-order valence-electron chi connectivity index (χ3n) is 5.55. The van der Waals surface area contributed by atoms with E-state index >= 15 is 0 Å². The quantitative estimate of drug-likeness (QED) is 0.645. The summed E-state index contributed by atoms with van der Waals surface area (Å²) in [5.74, 6) is -2.23. The minimum atomic E-state index is -1.45. The maximum atomic E-state index is 14.7. The van der Waals surface area contributed by atoms with Crippen LogP contribution in [0.15, 0.2) is 35.1 Å². The van der Waals surface area contributed by atoms with Gasteiger partial charge in [-0.05, 0) is 17.7 Å². The summed E-state index contributed by atoms with van der Waals surface area (Å²) in [6, 6.07) is 4.65. The fourth-order valence-electron chi connectivity index (χ4n) is 4.08. The lowest BCUT2D eigenvalue weighted by Crippen LogP contribution is -2.46.